The van der Waals surface area contributed by atoms with Crippen molar-refractivity contribution in [1.82, 2.24) is 9.88 Å². The van der Waals surface area contributed by atoms with Crippen LogP contribution in [0.25, 0.3) is 0 Å². The smallest absolute Gasteiger partial charge is 0.268 e. The van der Waals surface area contributed by atoms with Gasteiger partial charge >= 0.3 is 0 Å². The number of furan rings is 1. The number of hydrogen-bond acceptors (Lipinski definition) is 3. The van der Waals surface area contributed by atoms with E-state index in [1.807, 2.05) is 29.8 Å². The fraction of sp³-hybridized carbons (Fsp3) is 0.438. The van der Waals surface area contributed by atoms with Crippen LogP contribution in [0.3, 0.4) is 0 Å². The SMILES string of the molecule is CC(CCc1ccco1)NC(=O)c1cc(N)cn1C1CC1. The predicted molar refractivity (Wildman–Crippen MR) is 81.1 cm³/mol. The molecule has 3 rings (SSSR count). The standard InChI is InChI=1S/C16H21N3O2/c1-11(4-7-14-3-2-8-21-14)18-16(20)15-9-12(17)10-19(15)13-5-6-13/h2-3,8-11,13H,4-7,17H2,1H3,(H,18,20). The van der Waals surface area contributed by atoms with Gasteiger partial charge in [-0.2, -0.15) is 0 Å². The molecule has 0 aromatic carbocycles. The van der Waals surface area contributed by atoms with E-state index in [2.05, 4.69) is 5.32 Å². The highest BCUT2D eigenvalue weighted by molar-refractivity contribution is 5.94. The summed E-state index contributed by atoms with van der Waals surface area (Å²) in [6.07, 6.45) is 7.45. The summed E-state index contributed by atoms with van der Waals surface area (Å²) >= 11 is 0. The van der Waals surface area contributed by atoms with Gasteiger partial charge in [0.15, 0.2) is 0 Å². The Labute approximate surface area is 124 Å². The van der Waals surface area contributed by atoms with Gasteiger partial charge in [0, 0.05) is 24.7 Å². The van der Waals surface area contributed by atoms with Crippen molar-refractivity contribution >= 4 is 11.6 Å². The first-order valence-corrected chi connectivity index (χ1v) is 7.44. The van der Waals surface area contributed by atoms with E-state index in [-0.39, 0.29) is 11.9 Å². The van der Waals surface area contributed by atoms with Crippen LogP contribution in [0.4, 0.5) is 5.69 Å². The van der Waals surface area contributed by atoms with Crippen LogP contribution in [-0.2, 0) is 6.42 Å². The van der Waals surface area contributed by atoms with E-state index in [1.165, 1.54) is 0 Å². The third-order valence-electron chi connectivity index (χ3n) is 3.82. The Hall–Kier alpha value is -2.17. The van der Waals surface area contributed by atoms with Gasteiger partial charge in [0.1, 0.15) is 11.5 Å². The summed E-state index contributed by atoms with van der Waals surface area (Å²) in [6, 6.07) is 6.12. The zero-order valence-electron chi connectivity index (χ0n) is 12.2. The molecule has 112 valence electrons. The van der Waals surface area contributed by atoms with Gasteiger partial charge in [0.2, 0.25) is 0 Å². The monoisotopic (exact) mass is 287 g/mol. The first kappa shape index (κ1) is 13.8. The summed E-state index contributed by atoms with van der Waals surface area (Å²) < 4.78 is 7.31. The topological polar surface area (TPSA) is 73.2 Å². The molecule has 1 fully saturated rings. The van der Waals surface area contributed by atoms with Gasteiger partial charge in [-0.1, -0.05) is 0 Å². The lowest BCUT2D eigenvalue weighted by molar-refractivity contribution is 0.0928. The van der Waals surface area contributed by atoms with Gasteiger partial charge < -0.3 is 20.0 Å². The highest BCUT2D eigenvalue weighted by Crippen LogP contribution is 2.37. The molecule has 0 aliphatic heterocycles. The molecule has 3 N–H and O–H groups in total. The molecule has 1 amide bonds. The molecule has 2 aromatic rings. The number of nitrogens with two attached hydrogens (primary N) is 1. The van der Waals surface area contributed by atoms with E-state index < -0.39 is 0 Å². The Kier molecular flexibility index (Phi) is 3.73. The zero-order valence-corrected chi connectivity index (χ0v) is 12.2. The van der Waals surface area contributed by atoms with Gasteiger partial charge in [-0.3, -0.25) is 4.79 Å². The lowest BCUT2D eigenvalue weighted by Gasteiger charge is -2.14. The molecular formula is C16H21N3O2. The van der Waals surface area contributed by atoms with Gasteiger partial charge in [-0.15, -0.1) is 0 Å². The molecule has 0 spiro atoms. The highest BCUT2D eigenvalue weighted by Gasteiger charge is 2.28. The van der Waals surface area contributed by atoms with Crippen LogP contribution in [0.15, 0.2) is 35.1 Å². The molecule has 0 bridgehead atoms. The zero-order chi connectivity index (χ0) is 14.8. The second kappa shape index (κ2) is 5.68. The number of anilines is 1. The van der Waals surface area contributed by atoms with Crippen molar-refractivity contribution in [2.45, 2.75) is 44.7 Å². The molecular weight excluding hydrogens is 266 g/mol. The van der Waals surface area contributed by atoms with Gasteiger partial charge in [-0.25, -0.2) is 0 Å². The van der Waals surface area contributed by atoms with Crippen LogP contribution < -0.4 is 11.1 Å². The van der Waals surface area contributed by atoms with Crippen LogP contribution >= 0.6 is 0 Å². The molecule has 21 heavy (non-hydrogen) atoms. The number of aromatic nitrogens is 1. The fourth-order valence-electron chi connectivity index (χ4n) is 2.52. The molecule has 5 heteroatoms. The maximum Gasteiger partial charge on any atom is 0.268 e. The summed E-state index contributed by atoms with van der Waals surface area (Å²) in [5, 5.41) is 3.04. The van der Waals surface area contributed by atoms with Crippen molar-refractivity contribution in [1.29, 1.82) is 0 Å². The average molecular weight is 287 g/mol. The summed E-state index contributed by atoms with van der Waals surface area (Å²) in [7, 11) is 0. The molecule has 1 aliphatic carbocycles. The number of hydrogen-bond donors (Lipinski definition) is 2. The lowest BCUT2D eigenvalue weighted by Crippen LogP contribution is -2.34. The minimum absolute atomic E-state index is 0.0504. The second-order valence-electron chi connectivity index (χ2n) is 5.79. The third-order valence-corrected chi connectivity index (χ3v) is 3.82. The first-order chi connectivity index (χ1) is 10.1. The van der Waals surface area contributed by atoms with E-state index >= 15 is 0 Å². The number of amides is 1. The number of nitrogens with one attached hydrogen (secondary N) is 1. The number of nitrogens with zero attached hydrogens (tertiary/aromatic N) is 1. The molecule has 1 aliphatic rings. The molecule has 1 atom stereocenters. The third kappa shape index (κ3) is 3.29. The minimum atomic E-state index is -0.0504. The normalized spacial score (nSPS) is 15.9. The van der Waals surface area contributed by atoms with E-state index in [9.17, 15) is 4.79 Å². The van der Waals surface area contributed by atoms with Crippen molar-refractivity contribution in [3.05, 3.63) is 42.1 Å². The van der Waals surface area contributed by atoms with E-state index in [4.69, 9.17) is 10.2 Å². The van der Waals surface area contributed by atoms with Gasteiger partial charge in [0.05, 0.1) is 12.0 Å². The van der Waals surface area contributed by atoms with E-state index in [0.29, 0.717) is 17.4 Å². The van der Waals surface area contributed by atoms with Crippen molar-refractivity contribution < 1.29 is 9.21 Å². The number of carbonyl (C=O) groups excluding carboxylic acids is 1. The number of rotatable bonds is 6. The Balaban J connectivity index is 1.58. The van der Waals surface area contributed by atoms with Crippen molar-refractivity contribution in [3.63, 3.8) is 0 Å². The summed E-state index contributed by atoms with van der Waals surface area (Å²) in [6.45, 7) is 2.01. The molecule has 0 saturated heterocycles. The largest absolute Gasteiger partial charge is 0.469 e. The van der Waals surface area contributed by atoms with E-state index in [0.717, 1.165) is 31.4 Å². The van der Waals surface area contributed by atoms with Crippen LogP contribution in [0.2, 0.25) is 0 Å². The number of nitrogen functional groups attached to an aromatic ring is 1. The summed E-state index contributed by atoms with van der Waals surface area (Å²) in [5.41, 5.74) is 7.14. The van der Waals surface area contributed by atoms with Crippen molar-refractivity contribution in [3.8, 4) is 0 Å². The average Bonchev–Trinajstić information content (AvgIpc) is 3.01. The Morgan fingerprint density at radius 1 is 1.57 bits per heavy atom. The van der Waals surface area contributed by atoms with Crippen LogP contribution in [0, 0.1) is 0 Å². The molecule has 0 radical (unpaired) electrons. The Morgan fingerprint density at radius 2 is 2.38 bits per heavy atom. The number of aryl methyl sites for hydroxylation is 1. The maximum absolute atomic E-state index is 12.4. The molecule has 2 aromatic heterocycles. The predicted octanol–water partition coefficient (Wildman–Crippen LogP) is 2.75. The molecule has 1 saturated carbocycles. The van der Waals surface area contributed by atoms with Gasteiger partial charge in [-0.05, 0) is 44.4 Å². The molecule has 1 unspecified atom stereocenters. The lowest BCUT2D eigenvalue weighted by atomic mass is 10.1. The fourth-order valence-corrected chi connectivity index (χ4v) is 2.52. The molecule has 2 heterocycles. The van der Waals surface area contributed by atoms with E-state index in [1.54, 1.807) is 12.3 Å². The van der Waals surface area contributed by atoms with Crippen LogP contribution in [0.1, 0.15) is 48.5 Å². The first-order valence-electron chi connectivity index (χ1n) is 7.44. The summed E-state index contributed by atoms with van der Waals surface area (Å²) in [5.74, 6) is 0.896. The Bertz CT molecular complexity index is 612. The van der Waals surface area contributed by atoms with Crippen LogP contribution in [-0.4, -0.2) is 16.5 Å². The van der Waals surface area contributed by atoms with Crippen molar-refractivity contribution in [2.75, 3.05) is 5.73 Å². The van der Waals surface area contributed by atoms with Crippen molar-refractivity contribution in [2.24, 2.45) is 0 Å². The van der Waals surface area contributed by atoms with Gasteiger partial charge in [0.25, 0.3) is 5.91 Å². The number of carbonyl (C=O) groups is 1. The van der Waals surface area contributed by atoms with Crippen LogP contribution in [0.5, 0.6) is 0 Å². The Morgan fingerprint density at radius 3 is 3.05 bits per heavy atom. The second-order valence-corrected chi connectivity index (χ2v) is 5.79. The highest BCUT2D eigenvalue weighted by atomic mass is 16.3. The summed E-state index contributed by atoms with van der Waals surface area (Å²) in [4.78, 5) is 12.4. The minimum Gasteiger partial charge on any atom is -0.469 e. The quantitative estimate of drug-likeness (QED) is 0.858. The maximum atomic E-state index is 12.4. The molecule has 5 nitrogen and oxygen atoms in total.